The summed E-state index contributed by atoms with van der Waals surface area (Å²) >= 11 is 0. The van der Waals surface area contributed by atoms with Gasteiger partial charge in [-0.25, -0.2) is 0 Å². The first-order valence-corrected chi connectivity index (χ1v) is 1.44. The number of carbonyl (C=O) groups is 5. The summed E-state index contributed by atoms with van der Waals surface area (Å²) in [6, 6.07) is 0. The third-order valence-corrected chi connectivity index (χ3v) is 0. The SMILES string of the molecule is C=O.C=O.C=O.C=O.C=O.[Mn]. The van der Waals surface area contributed by atoms with Gasteiger partial charge >= 0.3 is 0 Å². The Hall–Kier alpha value is -1.13. The van der Waals surface area contributed by atoms with E-state index < -0.39 is 0 Å². The van der Waals surface area contributed by atoms with E-state index in [-0.39, 0.29) is 17.1 Å². The monoisotopic (exact) mass is 205 g/mol. The van der Waals surface area contributed by atoms with Crippen molar-refractivity contribution in [3.8, 4) is 0 Å². The van der Waals surface area contributed by atoms with E-state index in [1.807, 2.05) is 33.9 Å². The Balaban J connectivity index is -0.00000000694. The molecule has 0 aliphatic carbocycles. The first-order chi connectivity index (χ1) is 5.00. The van der Waals surface area contributed by atoms with Crippen LogP contribution in [0.15, 0.2) is 0 Å². The minimum absolute atomic E-state index is 0. The fraction of sp³-hybridized carbons (Fsp3) is 0. The summed E-state index contributed by atoms with van der Waals surface area (Å²) < 4.78 is 0. The van der Waals surface area contributed by atoms with Crippen molar-refractivity contribution in [3.63, 3.8) is 0 Å². The van der Waals surface area contributed by atoms with Gasteiger partial charge in [0.2, 0.25) is 0 Å². The molecule has 0 aromatic rings. The fourth-order valence-corrected chi connectivity index (χ4v) is 0. The molecule has 0 saturated carbocycles. The molecular formula is C5H10MnO5. The van der Waals surface area contributed by atoms with Crippen LogP contribution in [-0.4, -0.2) is 33.9 Å². The van der Waals surface area contributed by atoms with Crippen LogP contribution in [0.4, 0.5) is 0 Å². The van der Waals surface area contributed by atoms with Gasteiger partial charge in [0.1, 0.15) is 33.9 Å². The van der Waals surface area contributed by atoms with E-state index in [0.29, 0.717) is 0 Å². The van der Waals surface area contributed by atoms with E-state index in [1.165, 1.54) is 0 Å². The second kappa shape index (κ2) is 430. The Morgan fingerprint density at radius 1 is 0.364 bits per heavy atom. The molecule has 67 valence electrons. The average molecular weight is 205 g/mol. The Labute approximate surface area is 75.6 Å². The molecule has 0 heterocycles. The normalized spacial score (nSPS) is 1.82. The Morgan fingerprint density at radius 2 is 0.364 bits per heavy atom. The van der Waals surface area contributed by atoms with E-state index in [0.717, 1.165) is 0 Å². The van der Waals surface area contributed by atoms with E-state index in [4.69, 9.17) is 24.0 Å². The van der Waals surface area contributed by atoms with Crippen molar-refractivity contribution in [2.45, 2.75) is 0 Å². The zero-order valence-electron chi connectivity index (χ0n) is 5.95. The molecule has 0 aliphatic rings. The minimum Gasteiger partial charge on any atom is -0.307 e. The summed E-state index contributed by atoms with van der Waals surface area (Å²) in [6.45, 7) is 10.0. The molecule has 0 spiro atoms. The van der Waals surface area contributed by atoms with Crippen LogP contribution in [0.1, 0.15) is 0 Å². The molecule has 0 unspecified atom stereocenters. The molecule has 0 atom stereocenters. The smallest absolute Gasteiger partial charge is 0.106 e. The van der Waals surface area contributed by atoms with E-state index >= 15 is 0 Å². The maximum atomic E-state index is 8.00. The molecule has 0 aliphatic heterocycles. The molecule has 0 N–H and O–H groups in total. The average Bonchev–Trinajstić information content (AvgIpc) is 2.20. The van der Waals surface area contributed by atoms with Crippen LogP contribution in [0.2, 0.25) is 0 Å². The fourth-order valence-electron chi connectivity index (χ4n) is 0. The molecule has 0 rings (SSSR count). The minimum atomic E-state index is 0. The van der Waals surface area contributed by atoms with Crippen molar-refractivity contribution < 1.29 is 41.0 Å². The molecule has 0 fully saturated rings. The molecule has 6 heteroatoms. The van der Waals surface area contributed by atoms with Crippen molar-refractivity contribution in [1.82, 2.24) is 0 Å². The molecule has 0 bridgehead atoms. The van der Waals surface area contributed by atoms with Crippen LogP contribution < -0.4 is 0 Å². The molecule has 0 aromatic carbocycles. The molecule has 0 saturated heterocycles. The summed E-state index contributed by atoms with van der Waals surface area (Å²) in [5.74, 6) is 0. The molecule has 0 amide bonds. The Morgan fingerprint density at radius 3 is 0.364 bits per heavy atom. The molecule has 11 heavy (non-hydrogen) atoms. The van der Waals surface area contributed by atoms with Gasteiger partial charge in [0.05, 0.1) is 0 Å². The third-order valence-electron chi connectivity index (χ3n) is 0. The first kappa shape index (κ1) is 51.9. The molecule has 5 nitrogen and oxygen atoms in total. The number of carbonyl (C=O) groups excluding carboxylic acids is 5. The zero-order valence-corrected chi connectivity index (χ0v) is 7.14. The van der Waals surface area contributed by atoms with Gasteiger partial charge in [-0.15, -0.1) is 0 Å². The van der Waals surface area contributed by atoms with Gasteiger partial charge in [-0.05, 0) is 0 Å². The Bertz CT molecular complexity index is 26.4. The maximum absolute atomic E-state index is 8.00. The topological polar surface area (TPSA) is 85.3 Å². The quantitative estimate of drug-likeness (QED) is 0.477. The van der Waals surface area contributed by atoms with Gasteiger partial charge in [0, 0.05) is 17.1 Å². The van der Waals surface area contributed by atoms with Crippen molar-refractivity contribution in [2.24, 2.45) is 0 Å². The van der Waals surface area contributed by atoms with Crippen LogP contribution in [0.25, 0.3) is 0 Å². The van der Waals surface area contributed by atoms with Gasteiger partial charge in [0.25, 0.3) is 0 Å². The van der Waals surface area contributed by atoms with Crippen molar-refractivity contribution in [3.05, 3.63) is 0 Å². The number of rotatable bonds is 0. The van der Waals surface area contributed by atoms with E-state index in [1.54, 1.807) is 0 Å². The van der Waals surface area contributed by atoms with Crippen LogP contribution >= 0.6 is 0 Å². The Kier molecular flexibility index (Phi) is 2030. The largest absolute Gasteiger partial charge is 0.307 e. The van der Waals surface area contributed by atoms with Crippen molar-refractivity contribution >= 4 is 33.9 Å². The van der Waals surface area contributed by atoms with Crippen LogP contribution in [-0.2, 0) is 41.0 Å². The van der Waals surface area contributed by atoms with Crippen LogP contribution in [0.5, 0.6) is 0 Å². The summed E-state index contributed by atoms with van der Waals surface area (Å²) in [4.78, 5) is 40.0. The second-order valence-electron chi connectivity index (χ2n) is 0. The first-order valence-electron chi connectivity index (χ1n) is 1.44. The molecule has 0 aromatic heterocycles. The van der Waals surface area contributed by atoms with Gasteiger partial charge in [-0.3, -0.25) is 0 Å². The van der Waals surface area contributed by atoms with Crippen molar-refractivity contribution in [1.29, 1.82) is 0 Å². The summed E-state index contributed by atoms with van der Waals surface area (Å²) in [5, 5.41) is 0. The summed E-state index contributed by atoms with van der Waals surface area (Å²) in [5.41, 5.74) is 0. The molecular weight excluding hydrogens is 195 g/mol. The van der Waals surface area contributed by atoms with Gasteiger partial charge in [-0.2, -0.15) is 0 Å². The standard InChI is InChI=1S/5CH2O.Mn/c5*1-2;/h5*1H2;. The predicted molar refractivity (Wildman–Crippen MR) is 35.6 cm³/mol. The van der Waals surface area contributed by atoms with E-state index in [2.05, 4.69) is 0 Å². The van der Waals surface area contributed by atoms with Crippen LogP contribution in [0.3, 0.4) is 0 Å². The van der Waals surface area contributed by atoms with Crippen LogP contribution in [0, 0.1) is 0 Å². The van der Waals surface area contributed by atoms with Gasteiger partial charge < -0.3 is 24.0 Å². The maximum Gasteiger partial charge on any atom is 0.106 e. The third kappa shape index (κ3) is 327. The number of hydrogen-bond donors (Lipinski definition) is 0. The summed E-state index contributed by atoms with van der Waals surface area (Å²) in [6.07, 6.45) is 0. The predicted octanol–water partition coefficient (Wildman–Crippen LogP) is -0.927. The summed E-state index contributed by atoms with van der Waals surface area (Å²) in [7, 11) is 0. The molecule has 1 radical (unpaired) electrons. The zero-order chi connectivity index (χ0) is 10.0. The van der Waals surface area contributed by atoms with Crippen molar-refractivity contribution in [2.75, 3.05) is 0 Å². The van der Waals surface area contributed by atoms with E-state index in [9.17, 15) is 0 Å². The van der Waals surface area contributed by atoms with Gasteiger partial charge in [0.15, 0.2) is 0 Å². The number of hydrogen-bond acceptors (Lipinski definition) is 5. The second-order valence-corrected chi connectivity index (χ2v) is 0. The van der Waals surface area contributed by atoms with Gasteiger partial charge in [-0.1, -0.05) is 0 Å².